The molecule has 6 aromatic rings. The average molecular weight is 736 g/mol. The van der Waals surface area contributed by atoms with E-state index in [0.29, 0.717) is 0 Å². The summed E-state index contributed by atoms with van der Waals surface area (Å²) >= 11 is 0. The molecule has 5 aliphatic rings. The number of nitrogens with one attached hydrogen (secondary N) is 1. The number of aliphatic imine (C=N–C) groups is 1. The Hall–Kier alpha value is -6.91. The van der Waals surface area contributed by atoms with Crippen LogP contribution in [-0.4, -0.2) is 17.9 Å². The highest BCUT2D eigenvalue weighted by Gasteiger charge is 2.44. The van der Waals surface area contributed by atoms with Gasteiger partial charge in [-0.3, -0.25) is 0 Å². The van der Waals surface area contributed by atoms with Crippen molar-refractivity contribution in [2.45, 2.75) is 37.3 Å². The minimum atomic E-state index is -0.233. The van der Waals surface area contributed by atoms with Crippen molar-refractivity contribution >= 4 is 34.1 Å². The Kier molecular flexibility index (Phi) is 7.68. The van der Waals surface area contributed by atoms with Crippen molar-refractivity contribution < 1.29 is 4.74 Å². The van der Waals surface area contributed by atoms with Crippen LogP contribution >= 0.6 is 0 Å². The van der Waals surface area contributed by atoms with E-state index in [0.717, 1.165) is 51.1 Å². The highest BCUT2D eigenvalue weighted by molar-refractivity contribution is 6.10. The first kappa shape index (κ1) is 33.4. The van der Waals surface area contributed by atoms with Crippen LogP contribution < -0.4 is 15.0 Å². The van der Waals surface area contributed by atoms with E-state index in [1.54, 1.807) is 0 Å². The third kappa shape index (κ3) is 5.39. The molecule has 274 valence electrons. The first-order valence-electron chi connectivity index (χ1n) is 19.9. The van der Waals surface area contributed by atoms with E-state index in [1.807, 2.05) is 0 Å². The van der Waals surface area contributed by atoms with Gasteiger partial charge in [-0.05, 0) is 81.4 Å². The van der Waals surface area contributed by atoms with E-state index in [4.69, 9.17) is 9.73 Å². The third-order valence-electron chi connectivity index (χ3n) is 12.3. The fraction of sp³-hybridized carbons (Fsp3) is 0.113. The normalized spacial score (nSPS) is 20.5. The molecule has 6 aromatic carbocycles. The molecular weight excluding hydrogens is 695 g/mol. The van der Waals surface area contributed by atoms with E-state index in [9.17, 15) is 0 Å². The minimum absolute atomic E-state index is 0.00274. The summed E-state index contributed by atoms with van der Waals surface area (Å²) in [5.74, 6) is 0.939. The molecule has 57 heavy (non-hydrogen) atoms. The van der Waals surface area contributed by atoms with Gasteiger partial charge >= 0.3 is 0 Å². The summed E-state index contributed by atoms with van der Waals surface area (Å²) in [4.78, 5) is 7.64. The second kappa shape index (κ2) is 13.1. The molecule has 0 radical (unpaired) electrons. The number of anilines is 2. The van der Waals surface area contributed by atoms with Crippen molar-refractivity contribution in [2.75, 3.05) is 4.90 Å². The van der Waals surface area contributed by atoms with Crippen LogP contribution in [0, 0.1) is 0 Å². The molecule has 4 heteroatoms. The monoisotopic (exact) mass is 735 g/mol. The maximum absolute atomic E-state index is 7.02. The lowest BCUT2D eigenvalue weighted by atomic mass is 9.79. The van der Waals surface area contributed by atoms with Crippen LogP contribution in [0.2, 0.25) is 0 Å². The largest absolute Gasteiger partial charge is 0.483 e. The highest BCUT2D eigenvalue weighted by Crippen LogP contribution is 2.54. The highest BCUT2D eigenvalue weighted by atomic mass is 16.5. The van der Waals surface area contributed by atoms with Crippen LogP contribution in [0.25, 0.3) is 28.1 Å². The lowest BCUT2D eigenvalue weighted by Crippen LogP contribution is -2.37. The first-order chi connectivity index (χ1) is 28.0. The molecule has 2 aliphatic heterocycles. The van der Waals surface area contributed by atoms with Crippen molar-refractivity contribution in [1.29, 1.82) is 0 Å². The van der Waals surface area contributed by atoms with Gasteiger partial charge in [-0.1, -0.05) is 159 Å². The number of ether oxygens (including phenoxy) is 1. The summed E-state index contributed by atoms with van der Waals surface area (Å²) in [5.41, 5.74) is 17.4. The van der Waals surface area contributed by atoms with Crippen molar-refractivity contribution in [1.82, 2.24) is 5.32 Å². The fourth-order valence-corrected chi connectivity index (χ4v) is 9.52. The first-order valence-corrected chi connectivity index (χ1v) is 19.9. The maximum Gasteiger partial charge on any atom is 0.150 e. The summed E-state index contributed by atoms with van der Waals surface area (Å²) in [6, 6.07) is 54.7. The molecule has 0 spiro atoms. The van der Waals surface area contributed by atoms with E-state index in [-0.39, 0.29) is 23.5 Å². The van der Waals surface area contributed by atoms with Gasteiger partial charge in [0.15, 0.2) is 0 Å². The second-order valence-electron chi connectivity index (χ2n) is 15.9. The Labute approximate surface area is 334 Å². The van der Waals surface area contributed by atoms with Crippen molar-refractivity contribution in [3.8, 4) is 16.9 Å². The van der Waals surface area contributed by atoms with Crippen LogP contribution in [0.15, 0.2) is 199 Å². The molecule has 3 atom stereocenters. The summed E-state index contributed by atoms with van der Waals surface area (Å²) in [6.45, 7) is 4.67. The molecule has 0 bridgehead atoms. The number of hydrogen-bond acceptors (Lipinski definition) is 4. The summed E-state index contributed by atoms with van der Waals surface area (Å²) in [7, 11) is 0. The molecule has 0 saturated heterocycles. The zero-order valence-corrected chi connectivity index (χ0v) is 31.9. The van der Waals surface area contributed by atoms with E-state index < -0.39 is 0 Å². The van der Waals surface area contributed by atoms with E-state index in [1.165, 1.54) is 39.0 Å². The van der Waals surface area contributed by atoms with Crippen LogP contribution in [-0.2, 0) is 5.41 Å². The van der Waals surface area contributed by atoms with Crippen LogP contribution in [0.4, 0.5) is 11.4 Å². The van der Waals surface area contributed by atoms with Gasteiger partial charge < -0.3 is 15.0 Å². The summed E-state index contributed by atoms with van der Waals surface area (Å²) in [6.07, 6.45) is 12.8. The van der Waals surface area contributed by atoms with Gasteiger partial charge in [0.2, 0.25) is 0 Å². The number of para-hydroxylation sites is 2. The second-order valence-corrected chi connectivity index (χ2v) is 15.9. The zero-order valence-electron chi connectivity index (χ0n) is 31.9. The molecule has 4 nitrogen and oxygen atoms in total. The standard InChI is InChI=1S/C53H41N3O/c1-53(2)43-21-11-9-19-40(43)42-33-38(29-31-44(42)53)56(37-17-7-4-8-18-37)47-32-30-39(49-41-20-10-14-24-48(41)57-52(47)49)34-25-27-36(28-26-34)51-50(35-15-5-3-6-16-35)54-45-22-12-13-23-46(45)55-51/h3-33,45,49,52,54H,1-2H3. The topological polar surface area (TPSA) is 36.9 Å². The van der Waals surface area contributed by atoms with Crippen LogP contribution in [0.3, 0.4) is 0 Å². The lowest BCUT2D eigenvalue weighted by Gasteiger charge is -2.36. The molecule has 11 rings (SSSR count). The molecule has 0 saturated carbocycles. The Bertz CT molecular complexity index is 2770. The van der Waals surface area contributed by atoms with Gasteiger partial charge in [-0.2, -0.15) is 0 Å². The molecule has 0 fully saturated rings. The molecule has 1 N–H and O–H groups in total. The van der Waals surface area contributed by atoms with Gasteiger partial charge in [0.05, 0.1) is 34.8 Å². The van der Waals surface area contributed by atoms with Gasteiger partial charge in [-0.15, -0.1) is 0 Å². The number of hydrogen-bond donors (Lipinski definition) is 1. The smallest absolute Gasteiger partial charge is 0.150 e. The Morgan fingerprint density at radius 2 is 1.35 bits per heavy atom. The number of allylic oxidation sites excluding steroid dienone is 4. The number of fused-ring (bicyclic) bond motifs is 7. The minimum Gasteiger partial charge on any atom is -0.483 e. The average Bonchev–Trinajstić information content (AvgIpc) is 3.77. The fourth-order valence-electron chi connectivity index (χ4n) is 9.52. The van der Waals surface area contributed by atoms with Gasteiger partial charge in [0.25, 0.3) is 0 Å². The number of nitrogens with zero attached hydrogens (tertiary/aromatic N) is 2. The molecule has 0 amide bonds. The SMILES string of the molecule is CC1(C)c2ccccc2-c2cc(N(C3=CC=C(c4ccc(C5=C(c6ccccc6)NC6C=CC=CC6=N5)cc4)C4c5ccccc5OC34)c3ccccc3)ccc21. The van der Waals surface area contributed by atoms with Gasteiger partial charge in [0.1, 0.15) is 11.9 Å². The lowest BCUT2D eigenvalue weighted by molar-refractivity contribution is 0.256. The maximum atomic E-state index is 7.02. The van der Waals surface area contributed by atoms with Crippen molar-refractivity contribution in [2.24, 2.45) is 4.99 Å². The van der Waals surface area contributed by atoms with Crippen LogP contribution in [0.1, 0.15) is 53.1 Å². The molecule has 2 heterocycles. The summed E-state index contributed by atoms with van der Waals surface area (Å²) < 4.78 is 7.02. The summed E-state index contributed by atoms with van der Waals surface area (Å²) in [5, 5.41) is 3.77. The number of benzene rings is 6. The predicted molar refractivity (Wildman–Crippen MR) is 235 cm³/mol. The Balaban J connectivity index is 1.03. The quantitative estimate of drug-likeness (QED) is 0.185. The third-order valence-corrected chi connectivity index (χ3v) is 12.3. The van der Waals surface area contributed by atoms with E-state index >= 15 is 0 Å². The van der Waals surface area contributed by atoms with Crippen molar-refractivity contribution in [3.63, 3.8) is 0 Å². The molecule has 3 unspecified atom stereocenters. The molecular formula is C53H41N3O. The Morgan fingerprint density at radius 1 is 0.632 bits per heavy atom. The molecule has 3 aliphatic carbocycles. The van der Waals surface area contributed by atoms with Crippen molar-refractivity contribution in [3.05, 3.63) is 227 Å². The van der Waals surface area contributed by atoms with Gasteiger partial charge in [0, 0.05) is 27.9 Å². The predicted octanol–water partition coefficient (Wildman–Crippen LogP) is 12.0. The number of rotatable bonds is 6. The van der Waals surface area contributed by atoms with Gasteiger partial charge in [-0.25, -0.2) is 4.99 Å². The Morgan fingerprint density at radius 3 is 2.19 bits per heavy atom. The molecule has 0 aromatic heterocycles. The zero-order chi connectivity index (χ0) is 38.1. The van der Waals surface area contributed by atoms with Crippen LogP contribution in [0.5, 0.6) is 5.75 Å². The van der Waals surface area contributed by atoms with E-state index in [2.05, 4.69) is 212 Å².